The number of ether oxygens (including phenoxy) is 2. The van der Waals surface area contributed by atoms with Crippen molar-refractivity contribution in [2.45, 2.75) is 0 Å². The fraction of sp³-hybridized carbons (Fsp3) is 0.231. The topological polar surface area (TPSA) is 114 Å². The Bertz CT molecular complexity index is 1230. The van der Waals surface area contributed by atoms with E-state index in [-0.39, 0.29) is 17.5 Å². The summed E-state index contributed by atoms with van der Waals surface area (Å²) in [6, 6.07) is 18.0. The van der Waals surface area contributed by atoms with E-state index in [9.17, 15) is 19.7 Å². The van der Waals surface area contributed by atoms with Crippen LogP contribution in [0.1, 0.15) is 20.7 Å². The zero-order valence-electron chi connectivity index (χ0n) is 20.0. The number of nitro benzene ring substituents is 1. The van der Waals surface area contributed by atoms with Crippen molar-refractivity contribution in [3.63, 3.8) is 0 Å². The van der Waals surface area contributed by atoms with E-state index in [1.165, 1.54) is 24.3 Å². The maximum Gasteiger partial charge on any atom is 0.269 e. The lowest BCUT2D eigenvalue weighted by Crippen LogP contribution is -2.48. The molecule has 0 atom stereocenters. The molecule has 0 saturated carbocycles. The van der Waals surface area contributed by atoms with Crippen LogP contribution < -0.4 is 19.7 Å². The molecule has 10 nitrogen and oxygen atoms in total. The van der Waals surface area contributed by atoms with Crippen LogP contribution in [0.15, 0.2) is 66.7 Å². The van der Waals surface area contributed by atoms with Crippen LogP contribution in [0.3, 0.4) is 0 Å². The lowest BCUT2D eigenvalue weighted by molar-refractivity contribution is -0.384. The Labute approximate surface area is 208 Å². The number of carbonyl (C=O) groups is 2. The van der Waals surface area contributed by atoms with Gasteiger partial charge in [-0.25, -0.2) is 0 Å². The predicted octanol–water partition coefficient (Wildman–Crippen LogP) is 3.83. The van der Waals surface area contributed by atoms with Gasteiger partial charge in [0.15, 0.2) is 0 Å². The second-order valence-electron chi connectivity index (χ2n) is 8.19. The first-order valence-corrected chi connectivity index (χ1v) is 11.3. The fourth-order valence-electron chi connectivity index (χ4n) is 3.97. The second kappa shape index (κ2) is 10.8. The third-order valence-electron chi connectivity index (χ3n) is 6.00. The van der Waals surface area contributed by atoms with E-state index < -0.39 is 4.92 Å². The van der Waals surface area contributed by atoms with Crippen LogP contribution in [-0.2, 0) is 0 Å². The van der Waals surface area contributed by atoms with E-state index in [4.69, 9.17) is 9.47 Å². The normalized spacial score (nSPS) is 13.2. The number of anilines is 2. The summed E-state index contributed by atoms with van der Waals surface area (Å²) in [4.78, 5) is 39.7. The number of hydrogen-bond acceptors (Lipinski definition) is 7. The van der Waals surface area contributed by atoms with E-state index >= 15 is 0 Å². The maximum atomic E-state index is 13.0. The number of piperazine rings is 1. The number of nitrogens with one attached hydrogen (secondary N) is 1. The minimum Gasteiger partial charge on any atom is -0.497 e. The fourth-order valence-corrected chi connectivity index (χ4v) is 3.97. The molecule has 1 aliphatic heterocycles. The Hall–Kier alpha value is -4.60. The number of carbonyl (C=O) groups excluding carboxylic acids is 2. The van der Waals surface area contributed by atoms with Crippen molar-refractivity contribution in [2.24, 2.45) is 0 Å². The van der Waals surface area contributed by atoms with Gasteiger partial charge in [-0.15, -0.1) is 0 Å². The van der Waals surface area contributed by atoms with Gasteiger partial charge < -0.3 is 24.6 Å². The second-order valence-corrected chi connectivity index (χ2v) is 8.19. The number of methoxy groups -OCH3 is 2. The first-order chi connectivity index (χ1) is 17.4. The Balaban J connectivity index is 1.34. The minimum absolute atomic E-state index is 0.0686. The summed E-state index contributed by atoms with van der Waals surface area (Å²) in [6.07, 6.45) is 0. The number of benzene rings is 3. The maximum absolute atomic E-state index is 13.0. The summed E-state index contributed by atoms with van der Waals surface area (Å²) < 4.78 is 10.5. The van der Waals surface area contributed by atoms with Gasteiger partial charge in [-0.1, -0.05) is 0 Å². The summed E-state index contributed by atoms with van der Waals surface area (Å²) in [5.74, 6) is 0.712. The molecule has 4 rings (SSSR count). The number of hydrogen-bond donors (Lipinski definition) is 1. The SMILES string of the molecule is COc1cc(OC)cc(C(=O)N2CCN(c3ccc(NC(=O)c4ccc([N+](=O)[O-])cc4)cc3)CC2)c1. The summed E-state index contributed by atoms with van der Waals surface area (Å²) >= 11 is 0. The molecule has 2 amide bonds. The number of amides is 2. The Morgan fingerprint density at radius 1 is 0.833 bits per heavy atom. The van der Waals surface area contributed by atoms with Gasteiger partial charge in [0, 0.05) is 66.9 Å². The molecule has 1 N–H and O–H groups in total. The summed E-state index contributed by atoms with van der Waals surface area (Å²) in [5, 5.41) is 13.6. The standard InChI is InChI=1S/C26H26N4O6/c1-35-23-15-19(16-24(17-23)36-2)26(32)29-13-11-28(12-14-29)21-9-5-20(6-10-21)27-25(31)18-3-7-22(8-4-18)30(33)34/h3-10,15-17H,11-14H2,1-2H3,(H,27,31). The smallest absolute Gasteiger partial charge is 0.269 e. The third-order valence-corrected chi connectivity index (χ3v) is 6.00. The molecule has 3 aromatic rings. The van der Waals surface area contributed by atoms with Crippen LogP contribution in [0, 0.1) is 10.1 Å². The van der Waals surface area contributed by atoms with Gasteiger partial charge in [-0.05, 0) is 48.5 Å². The molecule has 0 unspecified atom stereocenters. The molecule has 0 radical (unpaired) electrons. The molecule has 1 saturated heterocycles. The Morgan fingerprint density at radius 2 is 1.42 bits per heavy atom. The summed E-state index contributed by atoms with van der Waals surface area (Å²) in [5.41, 5.74) is 2.38. The number of rotatable bonds is 7. The molecule has 0 bridgehead atoms. The molecule has 0 aliphatic carbocycles. The van der Waals surface area contributed by atoms with Crippen LogP contribution in [0.4, 0.5) is 17.1 Å². The van der Waals surface area contributed by atoms with Gasteiger partial charge in [0.25, 0.3) is 17.5 Å². The van der Waals surface area contributed by atoms with Gasteiger partial charge >= 0.3 is 0 Å². The highest BCUT2D eigenvalue weighted by Gasteiger charge is 2.23. The molecule has 10 heteroatoms. The third kappa shape index (κ3) is 5.54. The van der Waals surface area contributed by atoms with Crippen molar-refractivity contribution in [3.8, 4) is 11.5 Å². The van der Waals surface area contributed by atoms with Crippen LogP contribution in [0.25, 0.3) is 0 Å². The molecule has 3 aromatic carbocycles. The number of non-ortho nitro benzene ring substituents is 1. The van der Waals surface area contributed by atoms with E-state index in [0.29, 0.717) is 54.5 Å². The minimum atomic E-state index is -0.508. The molecule has 186 valence electrons. The predicted molar refractivity (Wildman–Crippen MR) is 135 cm³/mol. The summed E-state index contributed by atoms with van der Waals surface area (Å²) in [6.45, 7) is 2.47. The molecule has 36 heavy (non-hydrogen) atoms. The molecule has 0 aromatic heterocycles. The van der Waals surface area contributed by atoms with Crippen LogP contribution in [0.5, 0.6) is 11.5 Å². The van der Waals surface area contributed by atoms with Crippen molar-refractivity contribution in [1.82, 2.24) is 4.90 Å². The van der Waals surface area contributed by atoms with Crippen LogP contribution in [-0.4, -0.2) is 62.0 Å². The highest BCUT2D eigenvalue weighted by Crippen LogP contribution is 2.25. The van der Waals surface area contributed by atoms with Gasteiger partial charge in [-0.2, -0.15) is 0 Å². The Kier molecular flexibility index (Phi) is 7.33. The molecular formula is C26H26N4O6. The largest absolute Gasteiger partial charge is 0.497 e. The average molecular weight is 491 g/mol. The van der Waals surface area contributed by atoms with Gasteiger partial charge in [-0.3, -0.25) is 19.7 Å². The molecule has 1 fully saturated rings. The Morgan fingerprint density at radius 3 is 1.94 bits per heavy atom. The van der Waals surface area contributed by atoms with E-state index in [2.05, 4.69) is 10.2 Å². The highest BCUT2D eigenvalue weighted by molar-refractivity contribution is 6.04. The first kappa shape index (κ1) is 24.5. The van der Waals surface area contributed by atoms with Gasteiger partial charge in [0.2, 0.25) is 0 Å². The van der Waals surface area contributed by atoms with Crippen LogP contribution >= 0.6 is 0 Å². The molecule has 0 spiro atoms. The number of nitrogens with zero attached hydrogens (tertiary/aromatic N) is 3. The zero-order chi connectivity index (χ0) is 25.7. The van der Waals surface area contributed by atoms with Gasteiger partial charge in [0.05, 0.1) is 19.1 Å². The van der Waals surface area contributed by atoms with Gasteiger partial charge in [0.1, 0.15) is 11.5 Å². The van der Waals surface area contributed by atoms with E-state index in [0.717, 1.165) is 5.69 Å². The molecule has 1 aliphatic rings. The average Bonchev–Trinajstić information content (AvgIpc) is 2.92. The van der Waals surface area contributed by atoms with Crippen LogP contribution in [0.2, 0.25) is 0 Å². The van der Waals surface area contributed by atoms with Crippen molar-refractivity contribution in [2.75, 3.05) is 50.6 Å². The molecule has 1 heterocycles. The lowest BCUT2D eigenvalue weighted by Gasteiger charge is -2.36. The summed E-state index contributed by atoms with van der Waals surface area (Å²) in [7, 11) is 3.10. The van der Waals surface area contributed by atoms with Crippen molar-refractivity contribution in [1.29, 1.82) is 0 Å². The van der Waals surface area contributed by atoms with Crippen molar-refractivity contribution < 1.29 is 24.0 Å². The van der Waals surface area contributed by atoms with Crippen molar-refractivity contribution in [3.05, 3.63) is 88.0 Å². The van der Waals surface area contributed by atoms with E-state index in [1.807, 2.05) is 17.0 Å². The highest BCUT2D eigenvalue weighted by atomic mass is 16.6. The first-order valence-electron chi connectivity index (χ1n) is 11.3. The number of nitro groups is 1. The lowest BCUT2D eigenvalue weighted by atomic mass is 10.1. The van der Waals surface area contributed by atoms with Crippen molar-refractivity contribution >= 4 is 28.9 Å². The quantitative estimate of drug-likeness (QED) is 0.395. The molecular weight excluding hydrogens is 464 g/mol. The monoisotopic (exact) mass is 490 g/mol. The zero-order valence-corrected chi connectivity index (χ0v) is 20.0. The van der Waals surface area contributed by atoms with E-state index in [1.54, 1.807) is 44.6 Å².